The van der Waals surface area contributed by atoms with Crippen molar-refractivity contribution in [2.75, 3.05) is 6.61 Å². The number of hydrogen-bond donors (Lipinski definition) is 5. The maximum Gasteiger partial charge on any atom is 0.347 e. The van der Waals surface area contributed by atoms with Gasteiger partial charge in [0.05, 0.1) is 12.7 Å². The van der Waals surface area contributed by atoms with Gasteiger partial charge < -0.3 is 39.4 Å². The zero-order valence-electron chi connectivity index (χ0n) is 13.9. The van der Waals surface area contributed by atoms with E-state index in [9.17, 15) is 25.2 Å². The van der Waals surface area contributed by atoms with Crippen molar-refractivity contribution in [2.24, 2.45) is 0 Å². The number of phenolic OH excluding ortho intramolecular Hbond substituents is 1. The fourth-order valence-corrected chi connectivity index (χ4v) is 2.89. The molecular formula is C17H20O9. The molecule has 2 aromatic rings. The number of aliphatic hydroxyl groups excluding tert-OH is 4. The molecule has 0 radical (unpaired) electrons. The molecule has 0 unspecified atom stereocenters. The lowest BCUT2D eigenvalue weighted by atomic mass is 10.1. The second-order valence-electron chi connectivity index (χ2n) is 6.28. The first-order valence-electron chi connectivity index (χ1n) is 8.07. The molecule has 3 rings (SSSR count). The Morgan fingerprint density at radius 3 is 2.58 bits per heavy atom. The third-order valence-corrected chi connectivity index (χ3v) is 4.11. The van der Waals surface area contributed by atoms with Gasteiger partial charge in [0.1, 0.15) is 41.0 Å². The molecule has 0 saturated carbocycles. The van der Waals surface area contributed by atoms with Gasteiger partial charge in [-0.15, -0.1) is 0 Å². The zero-order valence-corrected chi connectivity index (χ0v) is 13.9. The van der Waals surface area contributed by atoms with Crippen LogP contribution in [0, 0.1) is 0 Å². The minimum atomic E-state index is -1.39. The van der Waals surface area contributed by atoms with Gasteiger partial charge in [-0.2, -0.15) is 0 Å². The third kappa shape index (κ3) is 3.53. The predicted molar refractivity (Wildman–Crippen MR) is 87.9 cm³/mol. The summed E-state index contributed by atoms with van der Waals surface area (Å²) in [4.78, 5) is 12.1. The molecule has 5 atom stereocenters. The second kappa shape index (κ2) is 7.22. The summed E-state index contributed by atoms with van der Waals surface area (Å²) in [6.45, 7) is 1.05. The molecule has 1 saturated heterocycles. The van der Waals surface area contributed by atoms with E-state index in [-0.39, 0.29) is 29.1 Å². The van der Waals surface area contributed by atoms with Crippen LogP contribution in [0.4, 0.5) is 0 Å². The first-order chi connectivity index (χ1) is 12.3. The normalized spacial score (nSPS) is 27.0. The van der Waals surface area contributed by atoms with Gasteiger partial charge in [-0.3, -0.25) is 0 Å². The highest BCUT2D eigenvalue weighted by Crippen LogP contribution is 2.31. The lowest BCUT2D eigenvalue weighted by Crippen LogP contribution is -2.35. The van der Waals surface area contributed by atoms with E-state index in [2.05, 4.69) is 0 Å². The summed E-state index contributed by atoms with van der Waals surface area (Å²) in [5, 5.41) is 48.6. The molecular weight excluding hydrogens is 348 g/mol. The van der Waals surface area contributed by atoms with Crippen molar-refractivity contribution >= 4 is 10.8 Å². The van der Waals surface area contributed by atoms with E-state index >= 15 is 0 Å². The van der Waals surface area contributed by atoms with Crippen LogP contribution in [0.3, 0.4) is 0 Å². The van der Waals surface area contributed by atoms with Crippen molar-refractivity contribution in [3.05, 3.63) is 34.4 Å². The van der Waals surface area contributed by atoms with Crippen molar-refractivity contribution in [3.63, 3.8) is 0 Å². The summed E-state index contributed by atoms with van der Waals surface area (Å²) >= 11 is 0. The van der Waals surface area contributed by atoms with Gasteiger partial charge in [0, 0.05) is 12.5 Å². The summed E-state index contributed by atoms with van der Waals surface area (Å²) in [5.74, 6) is -0.0676. The van der Waals surface area contributed by atoms with Crippen LogP contribution in [0.25, 0.3) is 10.8 Å². The van der Waals surface area contributed by atoms with Crippen LogP contribution >= 0.6 is 0 Å². The predicted octanol–water partition coefficient (Wildman–Crippen LogP) is -0.760. The monoisotopic (exact) mass is 368 g/mol. The zero-order chi connectivity index (χ0) is 19.0. The van der Waals surface area contributed by atoms with Gasteiger partial charge in [-0.25, -0.2) is 4.79 Å². The van der Waals surface area contributed by atoms with E-state index in [1.54, 1.807) is 6.92 Å². The van der Waals surface area contributed by atoms with Crippen LogP contribution in [-0.4, -0.2) is 62.8 Å². The molecule has 5 N–H and O–H groups in total. The van der Waals surface area contributed by atoms with E-state index in [0.717, 1.165) is 6.07 Å². The number of ether oxygens (including phenoxy) is 2. The van der Waals surface area contributed by atoms with Crippen molar-refractivity contribution in [1.82, 2.24) is 0 Å². The average molecular weight is 368 g/mol. The number of benzene rings is 1. The van der Waals surface area contributed by atoms with Gasteiger partial charge in [0.25, 0.3) is 0 Å². The van der Waals surface area contributed by atoms with E-state index < -0.39 is 42.9 Å². The molecule has 26 heavy (non-hydrogen) atoms. The summed E-state index contributed by atoms with van der Waals surface area (Å²) in [7, 11) is 0. The van der Waals surface area contributed by atoms with Crippen LogP contribution in [-0.2, 0) is 11.2 Å². The molecule has 0 bridgehead atoms. The van der Waals surface area contributed by atoms with Crippen molar-refractivity contribution in [2.45, 2.75) is 44.1 Å². The Morgan fingerprint density at radius 1 is 1.23 bits per heavy atom. The number of hydrogen-bond acceptors (Lipinski definition) is 9. The van der Waals surface area contributed by atoms with Crippen LogP contribution in [0.5, 0.6) is 11.5 Å². The van der Waals surface area contributed by atoms with E-state index in [1.807, 2.05) is 0 Å². The summed E-state index contributed by atoms with van der Waals surface area (Å²) < 4.78 is 15.8. The standard InChI is InChI=1S/C17H20O9/c1-7(19)2-9-3-8-4-10(5-11(20)13(8)16(23)24-9)25-17-15(22)14(21)12(6-18)26-17/h3-5,7,12,14-15,17-22H,2,6H2,1H3/t7-,12+,14+,15+,17-/m0/s1. The van der Waals surface area contributed by atoms with Crippen LogP contribution in [0.1, 0.15) is 12.7 Å². The molecule has 0 spiro atoms. The van der Waals surface area contributed by atoms with Gasteiger partial charge >= 0.3 is 5.63 Å². The van der Waals surface area contributed by atoms with Gasteiger partial charge in [0.2, 0.25) is 6.29 Å². The Kier molecular flexibility index (Phi) is 5.17. The van der Waals surface area contributed by atoms with Crippen molar-refractivity contribution in [3.8, 4) is 11.5 Å². The van der Waals surface area contributed by atoms with Crippen LogP contribution in [0.2, 0.25) is 0 Å². The Hall–Kier alpha value is -2.17. The highest BCUT2D eigenvalue weighted by atomic mass is 16.7. The number of rotatable bonds is 5. The Balaban J connectivity index is 1.94. The van der Waals surface area contributed by atoms with Crippen LogP contribution < -0.4 is 10.4 Å². The minimum Gasteiger partial charge on any atom is -0.507 e. The Labute approximate surface area is 147 Å². The molecule has 9 nitrogen and oxygen atoms in total. The number of aliphatic hydroxyl groups is 4. The topological polar surface area (TPSA) is 150 Å². The number of phenols is 1. The number of fused-ring (bicyclic) bond motifs is 1. The fraction of sp³-hybridized carbons (Fsp3) is 0.471. The van der Waals surface area contributed by atoms with Crippen LogP contribution in [0.15, 0.2) is 27.4 Å². The average Bonchev–Trinajstić information content (AvgIpc) is 2.81. The molecule has 0 aliphatic carbocycles. The summed E-state index contributed by atoms with van der Waals surface area (Å²) in [5.41, 5.74) is -0.755. The van der Waals surface area contributed by atoms with Crippen molar-refractivity contribution < 1.29 is 39.4 Å². The molecule has 0 amide bonds. The largest absolute Gasteiger partial charge is 0.507 e. The molecule has 1 aliphatic heterocycles. The first kappa shape index (κ1) is 18.6. The molecule has 1 aromatic carbocycles. The molecule has 142 valence electrons. The third-order valence-electron chi connectivity index (χ3n) is 4.11. The Morgan fingerprint density at radius 2 is 1.96 bits per heavy atom. The van der Waals surface area contributed by atoms with Gasteiger partial charge in [-0.1, -0.05) is 0 Å². The van der Waals surface area contributed by atoms with E-state index in [4.69, 9.17) is 19.0 Å². The smallest absolute Gasteiger partial charge is 0.347 e. The summed E-state index contributed by atoms with van der Waals surface area (Å²) in [6, 6.07) is 4.09. The molecule has 1 aromatic heterocycles. The molecule has 9 heteroatoms. The quantitative estimate of drug-likeness (QED) is 0.459. The fourth-order valence-electron chi connectivity index (χ4n) is 2.89. The molecule has 1 fully saturated rings. The molecule has 2 heterocycles. The summed E-state index contributed by atoms with van der Waals surface area (Å²) in [6.07, 6.45) is -5.56. The maximum atomic E-state index is 12.1. The van der Waals surface area contributed by atoms with E-state index in [0.29, 0.717) is 5.39 Å². The minimum absolute atomic E-state index is 0.0483. The lowest BCUT2D eigenvalue weighted by Gasteiger charge is -2.17. The van der Waals surface area contributed by atoms with E-state index in [1.165, 1.54) is 12.1 Å². The number of aromatic hydroxyl groups is 1. The first-order valence-corrected chi connectivity index (χ1v) is 8.07. The van der Waals surface area contributed by atoms with Gasteiger partial charge in [-0.05, 0) is 24.4 Å². The molecule has 1 aliphatic rings. The highest BCUT2D eigenvalue weighted by Gasteiger charge is 2.44. The van der Waals surface area contributed by atoms with Crippen molar-refractivity contribution in [1.29, 1.82) is 0 Å². The second-order valence-corrected chi connectivity index (χ2v) is 6.28. The Bertz CT molecular complexity index is 844. The maximum absolute atomic E-state index is 12.1. The van der Waals surface area contributed by atoms with Gasteiger partial charge in [0.15, 0.2) is 0 Å². The SMILES string of the molecule is C[C@H](O)Cc1cc2cc(O[C@H]3O[C@H](CO)[C@@H](O)[C@H]3O)cc(O)c2c(=O)o1. The lowest BCUT2D eigenvalue weighted by molar-refractivity contribution is -0.116. The highest BCUT2D eigenvalue weighted by molar-refractivity contribution is 5.88.